The molecule has 0 bridgehead atoms. The fourth-order valence-electron chi connectivity index (χ4n) is 3.24. The third kappa shape index (κ3) is 5.60. The van der Waals surface area contributed by atoms with Crippen LogP contribution in [0.5, 0.6) is 5.75 Å². The van der Waals surface area contributed by atoms with Crippen LogP contribution in [-0.2, 0) is 16.2 Å². The van der Waals surface area contributed by atoms with E-state index < -0.39 is 30.2 Å². The summed E-state index contributed by atoms with van der Waals surface area (Å²) < 4.78 is 20.4. The number of urea groups is 1. The highest BCUT2D eigenvalue weighted by atomic mass is 127. The minimum absolute atomic E-state index is 0.0283. The molecular weight excluding hydrogens is 552 g/mol. The Hall–Kier alpha value is -3.73. The molecule has 3 aromatic rings. The van der Waals surface area contributed by atoms with Gasteiger partial charge in [-0.3, -0.25) is 9.59 Å². The maximum Gasteiger partial charge on any atom is 0.329 e. The lowest BCUT2D eigenvalue weighted by Gasteiger charge is -2.12. The van der Waals surface area contributed by atoms with Crippen LogP contribution in [0.25, 0.3) is 6.08 Å². The maximum absolute atomic E-state index is 13.7. The molecule has 0 spiro atoms. The van der Waals surface area contributed by atoms with E-state index >= 15 is 0 Å². The standard InChI is InChI=1S/C25H19FIN3O4/c26-18-8-4-5-9-20(18)28-23(31)14-30-24(32)21(29-25(30)33)13-17-10-11-22(19(27)12-17)34-15-16-6-2-1-3-7-16/h1-13H,14-15H2,(H,28,31)(H,29,33)/b21-13+. The number of nitrogens with zero attached hydrogens (tertiary/aromatic N) is 1. The summed E-state index contributed by atoms with van der Waals surface area (Å²) in [4.78, 5) is 37.9. The SMILES string of the molecule is O=C(CN1C(=O)N/C(=C/c2ccc(OCc3ccccc3)c(I)c2)C1=O)Nc1ccccc1F. The zero-order valence-electron chi connectivity index (χ0n) is 17.8. The molecule has 1 fully saturated rings. The lowest BCUT2D eigenvalue weighted by atomic mass is 10.2. The third-order valence-electron chi connectivity index (χ3n) is 4.92. The quantitative estimate of drug-likeness (QED) is 0.248. The first-order chi connectivity index (χ1) is 16.4. The van der Waals surface area contributed by atoms with E-state index in [-0.39, 0.29) is 11.4 Å². The predicted molar refractivity (Wildman–Crippen MR) is 133 cm³/mol. The number of carbonyl (C=O) groups excluding carboxylic acids is 3. The molecule has 4 rings (SSSR count). The van der Waals surface area contributed by atoms with Gasteiger partial charge in [-0.15, -0.1) is 0 Å². The van der Waals surface area contributed by atoms with Crippen LogP contribution in [0.1, 0.15) is 11.1 Å². The molecule has 3 aromatic carbocycles. The first-order valence-corrected chi connectivity index (χ1v) is 11.3. The minimum atomic E-state index is -0.725. The molecule has 4 amide bonds. The highest BCUT2D eigenvalue weighted by Crippen LogP contribution is 2.25. The van der Waals surface area contributed by atoms with Crippen molar-refractivity contribution in [2.45, 2.75) is 6.61 Å². The molecule has 1 aliphatic heterocycles. The molecule has 9 heteroatoms. The van der Waals surface area contributed by atoms with E-state index in [1.807, 2.05) is 36.4 Å². The first kappa shape index (κ1) is 23.4. The average molecular weight is 571 g/mol. The van der Waals surface area contributed by atoms with Gasteiger partial charge in [-0.25, -0.2) is 14.1 Å². The molecule has 0 radical (unpaired) electrons. The first-order valence-electron chi connectivity index (χ1n) is 10.3. The van der Waals surface area contributed by atoms with Crippen LogP contribution in [0, 0.1) is 9.39 Å². The fourth-order valence-corrected chi connectivity index (χ4v) is 3.93. The Morgan fingerprint density at radius 2 is 1.79 bits per heavy atom. The lowest BCUT2D eigenvalue weighted by molar-refractivity contribution is -0.127. The van der Waals surface area contributed by atoms with Gasteiger partial charge in [-0.1, -0.05) is 48.5 Å². The molecule has 1 saturated heterocycles. The van der Waals surface area contributed by atoms with Crippen molar-refractivity contribution in [3.63, 3.8) is 0 Å². The van der Waals surface area contributed by atoms with Gasteiger partial charge >= 0.3 is 6.03 Å². The number of benzene rings is 3. The zero-order chi connectivity index (χ0) is 24.1. The van der Waals surface area contributed by atoms with Crippen molar-refractivity contribution in [3.05, 3.63) is 99.0 Å². The van der Waals surface area contributed by atoms with Crippen LogP contribution in [-0.4, -0.2) is 29.3 Å². The van der Waals surface area contributed by atoms with E-state index in [0.717, 1.165) is 14.0 Å². The van der Waals surface area contributed by atoms with Crippen molar-refractivity contribution in [2.24, 2.45) is 0 Å². The monoisotopic (exact) mass is 571 g/mol. The zero-order valence-corrected chi connectivity index (χ0v) is 19.9. The summed E-state index contributed by atoms with van der Waals surface area (Å²) in [6.45, 7) is -0.115. The van der Waals surface area contributed by atoms with E-state index in [0.29, 0.717) is 17.9 Å². The number of hydrogen-bond donors (Lipinski definition) is 2. The van der Waals surface area contributed by atoms with Gasteiger partial charge in [0.15, 0.2) is 0 Å². The Balaban J connectivity index is 1.40. The molecule has 0 unspecified atom stereocenters. The van der Waals surface area contributed by atoms with Crippen molar-refractivity contribution in [3.8, 4) is 5.75 Å². The topological polar surface area (TPSA) is 87.7 Å². The van der Waals surface area contributed by atoms with Gasteiger partial charge in [0, 0.05) is 0 Å². The van der Waals surface area contributed by atoms with Crippen molar-refractivity contribution < 1.29 is 23.5 Å². The van der Waals surface area contributed by atoms with Gasteiger partial charge in [-0.2, -0.15) is 0 Å². The minimum Gasteiger partial charge on any atom is -0.488 e. The summed E-state index contributed by atoms with van der Waals surface area (Å²) in [6.07, 6.45) is 1.53. The van der Waals surface area contributed by atoms with Gasteiger partial charge in [0.1, 0.15) is 30.4 Å². The van der Waals surface area contributed by atoms with Crippen LogP contribution < -0.4 is 15.4 Å². The van der Waals surface area contributed by atoms with E-state index in [4.69, 9.17) is 4.74 Å². The number of hydrogen-bond acceptors (Lipinski definition) is 4. The number of imide groups is 1. The molecule has 172 valence electrons. The predicted octanol–water partition coefficient (Wildman–Crippen LogP) is 4.54. The van der Waals surface area contributed by atoms with E-state index in [9.17, 15) is 18.8 Å². The second-order valence-corrected chi connectivity index (χ2v) is 8.53. The average Bonchev–Trinajstić information content (AvgIpc) is 3.08. The van der Waals surface area contributed by atoms with E-state index in [2.05, 4.69) is 33.2 Å². The number of nitrogens with one attached hydrogen (secondary N) is 2. The number of rotatable bonds is 7. The molecule has 0 aliphatic carbocycles. The summed E-state index contributed by atoms with van der Waals surface area (Å²) in [5.41, 5.74) is 1.73. The third-order valence-corrected chi connectivity index (χ3v) is 5.76. The molecule has 7 nitrogen and oxygen atoms in total. The van der Waals surface area contributed by atoms with E-state index in [1.165, 1.54) is 24.3 Å². The number of para-hydroxylation sites is 1. The molecular formula is C25H19FIN3O4. The van der Waals surface area contributed by atoms with Crippen LogP contribution in [0.3, 0.4) is 0 Å². The highest BCUT2D eigenvalue weighted by Gasteiger charge is 2.35. The van der Waals surface area contributed by atoms with Gasteiger partial charge in [0.25, 0.3) is 5.91 Å². The molecule has 2 N–H and O–H groups in total. The van der Waals surface area contributed by atoms with Crippen LogP contribution in [0.4, 0.5) is 14.9 Å². The number of halogens is 2. The van der Waals surface area contributed by atoms with Crippen LogP contribution in [0.15, 0.2) is 78.5 Å². The largest absolute Gasteiger partial charge is 0.488 e. The normalized spacial score (nSPS) is 14.3. The van der Waals surface area contributed by atoms with E-state index in [1.54, 1.807) is 18.2 Å². The maximum atomic E-state index is 13.7. The summed E-state index contributed by atoms with van der Waals surface area (Å²) in [7, 11) is 0. The molecule has 34 heavy (non-hydrogen) atoms. The summed E-state index contributed by atoms with van der Waals surface area (Å²) in [5.74, 6) is -1.25. The van der Waals surface area contributed by atoms with Crippen LogP contribution >= 0.6 is 22.6 Å². The summed E-state index contributed by atoms with van der Waals surface area (Å²) in [5, 5.41) is 4.83. The smallest absolute Gasteiger partial charge is 0.329 e. The Morgan fingerprint density at radius 1 is 1.06 bits per heavy atom. The highest BCUT2D eigenvalue weighted by molar-refractivity contribution is 14.1. The fraction of sp³-hybridized carbons (Fsp3) is 0.0800. The van der Waals surface area contributed by atoms with Crippen molar-refractivity contribution >= 4 is 52.2 Å². The second kappa shape index (κ2) is 10.5. The molecule has 1 heterocycles. The Kier molecular flexibility index (Phi) is 7.21. The number of anilines is 1. The number of carbonyl (C=O) groups is 3. The van der Waals surface area contributed by atoms with Gasteiger partial charge in [0.05, 0.1) is 9.26 Å². The Labute approximate surface area is 208 Å². The van der Waals surface area contributed by atoms with Crippen molar-refractivity contribution in [1.29, 1.82) is 0 Å². The Morgan fingerprint density at radius 3 is 2.53 bits per heavy atom. The Bertz CT molecular complexity index is 1280. The summed E-state index contributed by atoms with van der Waals surface area (Å²) in [6, 6.07) is 20.1. The van der Waals surface area contributed by atoms with Gasteiger partial charge in [0.2, 0.25) is 5.91 Å². The van der Waals surface area contributed by atoms with Crippen LogP contribution in [0.2, 0.25) is 0 Å². The number of amides is 4. The molecule has 0 aromatic heterocycles. The number of ether oxygens (including phenoxy) is 1. The molecule has 1 aliphatic rings. The second-order valence-electron chi connectivity index (χ2n) is 7.37. The van der Waals surface area contributed by atoms with Gasteiger partial charge < -0.3 is 15.4 Å². The van der Waals surface area contributed by atoms with Crippen molar-refractivity contribution in [2.75, 3.05) is 11.9 Å². The molecule has 0 saturated carbocycles. The van der Waals surface area contributed by atoms with Crippen molar-refractivity contribution in [1.82, 2.24) is 10.2 Å². The summed E-state index contributed by atoms with van der Waals surface area (Å²) >= 11 is 2.14. The van der Waals surface area contributed by atoms with Gasteiger partial charge in [-0.05, 0) is 64.1 Å². The molecule has 0 atom stereocenters. The lowest BCUT2D eigenvalue weighted by Crippen LogP contribution is -2.38.